The van der Waals surface area contributed by atoms with Crippen LogP contribution < -0.4 is 10.2 Å². The third-order valence-corrected chi connectivity index (χ3v) is 3.62. The number of anilines is 1. The first-order valence-electron chi connectivity index (χ1n) is 6.81. The molecule has 1 saturated heterocycles. The summed E-state index contributed by atoms with van der Waals surface area (Å²) in [7, 11) is 3.80. The Hall–Kier alpha value is -1.06. The Morgan fingerprint density at radius 1 is 1.39 bits per heavy atom. The highest BCUT2D eigenvalue weighted by atomic mass is 16.5. The van der Waals surface area contributed by atoms with E-state index in [4.69, 9.17) is 4.74 Å². The lowest BCUT2D eigenvalue weighted by Gasteiger charge is -2.35. The SMILES string of the molecule is CNCc1ccccc1N1CCCC(COC)C1. The summed E-state index contributed by atoms with van der Waals surface area (Å²) in [4.78, 5) is 2.51. The van der Waals surface area contributed by atoms with Crippen LogP contribution in [0.5, 0.6) is 0 Å². The molecular weight excluding hydrogens is 224 g/mol. The maximum Gasteiger partial charge on any atom is 0.0507 e. The summed E-state index contributed by atoms with van der Waals surface area (Å²) in [5, 5.41) is 3.25. The Bertz CT molecular complexity index is 365. The molecule has 1 aliphatic heterocycles. The molecule has 1 atom stereocenters. The van der Waals surface area contributed by atoms with Crippen molar-refractivity contribution in [2.75, 3.05) is 38.8 Å². The molecule has 0 radical (unpaired) electrons. The Labute approximate surface area is 110 Å². The molecule has 0 aliphatic carbocycles. The van der Waals surface area contributed by atoms with Gasteiger partial charge in [-0.25, -0.2) is 0 Å². The Morgan fingerprint density at radius 3 is 3.00 bits per heavy atom. The first-order valence-corrected chi connectivity index (χ1v) is 6.81. The first-order chi connectivity index (χ1) is 8.85. The van der Waals surface area contributed by atoms with E-state index in [1.54, 1.807) is 7.11 Å². The average molecular weight is 248 g/mol. The van der Waals surface area contributed by atoms with Gasteiger partial charge in [0.05, 0.1) is 6.61 Å². The number of benzene rings is 1. The van der Waals surface area contributed by atoms with Crippen LogP contribution in [0.4, 0.5) is 5.69 Å². The number of nitrogens with one attached hydrogen (secondary N) is 1. The zero-order valence-corrected chi connectivity index (χ0v) is 11.5. The molecule has 1 N–H and O–H groups in total. The topological polar surface area (TPSA) is 24.5 Å². The van der Waals surface area contributed by atoms with Crippen molar-refractivity contribution in [2.24, 2.45) is 5.92 Å². The smallest absolute Gasteiger partial charge is 0.0507 e. The quantitative estimate of drug-likeness (QED) is 0.865. The molecule has 1 fully saturated rings. The lowest BCUT2D eigenvalue weighted by molar-refractivity contribution is 0.143. The second-order valence-electron chi connectivity index (χ2n) is 5.07. The Kier molecular flexibility index (Phi) is 5.02. The van der Waals surface area contributed by atoms with Crippen molar-refractivity contribution < 1.29 is 4.74 Å². The first kappa shape index (κ1) is 13.4. The molecule has 18 heavy (non-hydrogen) atoms. The summed E-state index contributed by atoms with van der Waals surface area (Å²) in [6.07, 6.45) is 2.56. The lowest BCUT2D eigenvalue weighted by Crippen LogP contribution is -2.37. The molecule has 2 rings (SSSR count). The summed E-state index contributed by atoms with van der Waals surface area (Å²) in [6.45, 7) is 4.10. The van der Waals surface area contributed by atoms with E-state index in [9.17, 15) is 0 Å². The van der Waals surface area contributed by atoms with Crippen molar-refractivity contribution in [3.8, 4) is 0 Å². The van der Waals surface area contributed by atoms with Gasteiger partial charge in [-0.05, 0) is 37.4 Å². The number of hydrogen-bond acceptors (Lipinski definition) is 3. The summed E-state index contributed by atoms with van der Waals surface area (Å²) in [6, 6.07) is 8.70. The minimum Gasteiger partial charge on any atom is -0.384 e. The third kappa shape index (κ3) is 3.24. The van der Waals surface area contributed by atoms with Crippen LogP contribution in [0.15, 0.2) is 24.3 Å². The van der Waals surface area contributed by atoms with Gasteiger partial charge in [0.25, 0.3) is 0 Å². The second-order valence-corrected chi connectivity index (χ2v) is 5.07. The van der Waals surface area contributed by atoms with Gasteiger partial charge < -0.3 is 15.0 Å². The molecule has 0 amide bonds. The summed E-state index contributed by atoms with van der Waals surface area (Å²) in [5.74, 6) is 0.673. The minimum absolute atomic E-state index is 0.673. The number of piperidine rings is 1. The van der Waals surface area contributed by atoms with Crippen molar-refractivity contribution in [1.82, 2.24) is 5.32 Å². The zero-order chi connectivity index (χ0) is 12.8. The van der Waals surface area contributed by atoms with Crippen molar-refractivity contribution in [3.63, 3.8) is 0 Å². The highest BCUT2D eigenvalue weighted by Crippen LogP contribution is 2.26. The molecule has 0 saturated carbocycles. The van der Waals surface area contributed by atoms with Crippen LogP contribution in [0, 0.1) is 5.92 Å². The van der Waals surface area contributed by atoms with E-state index in [0.717, 1.165) is 19.7 Å². The molecule has 1 aromatic rings. The van der Waals surface area contributed by atoms with Crippen LogP contribution in [0.25, 0.3) is 0 Å². The Balaban J connectivity index is 2.10. The van der Waals surface area contributed by atoms with E-state index >= 15 is 0 Å². The van der Waals surface area contributed by atoms with Gasteiger partial charge in [-0.3, -0.25) is 0 Å². The van der Waals surface area contributed by atoms with Gasteiger partial charge >= 0.3 is 0 Å². The van der Waals surface area contributed by atoms with Crippen LogP contribution in [0.1, 0.15) is 18.4 Å². The van der Waals surface area contributed by atoms with E-state index in [2.05, 4.69) is 34.5 Å². The van der Waals surface area contributed by atoms with E-state index in [0.29, 0.717) is 5.92 Å². The minimum atomic E-state index is 0.673. The fourth-order valence-electron chi connectivity index (χ4n) is 2.81. The fourth-order valence-corrected chi connectivity index (χ4v) is 2.81. The highest BCUT2D eigenvalue weighted by Gasteiger charge is 2.21. The van der Waals surface area contributed by atoms with Gasteiger partial charge in [0.1, 0.15) is 0 Å². The summed E-state index contributed by atoms with van der Waals surface area (Å²) in [5.41, 5.74) is 2.77. The Morgan fingerprint density at radius 2 is 2.22 bits per heavy atom. The maximum absolute atomic E-state index is 5.30. The molecule has 0 aromatic heterocycles. The van der Waals surface area contributed by atoms with Crippen LogP contribution in [-0.2, 0) is 11.3 Å². The molecule has 0 bridgehead atoms. The molecule has 0 spiro atoms. The van der Waals surface area contributed by atoms with E-state index in [-0.39, 0.29) is 0 Å². The molecule has 1 aromatic carbocycles. The largest absolute Gasteiger partial charge is 0.384 e. The van der Waals surface area contributed by atoms with Crippen molar-refractivity contribution in [1.29, 1.82) is 0 Å². The van der Waals surface area contributed by atoms with Gasteiger partial charge in [0.2, 0.25) is 0 Å². The maximum atomic E-state index is 5.30. The fraction of sp³-hybridized carbons (Fsp3) is 0.600. The van der Waals surface area contributed by atoms with E-state index in [1.165, 1.54) is 30.6 Å². The average Bonchev–Trinajstić information content (AvgIpc) is 2.40. The van der Waals surface area contributed by atoms with Gasteiger partial charge in [-0.2, -0.15) is 0 Å². The number of para-hydroxylation sites is 1. The van der Waals surface area contributed by atoms with E-state index < -0.39 is 0 Å². The van der Waals surface area contributed by atoms with Crippen molar-refractivity contribution >= 4 is 5.69 Å². The van der Waals surface area contributed by atoms with Crippen LogP contribution >= 0.6 is 0 Å². The van der Waals surface area contributed by atoms with Gasteiger partial charge in [0, 0.05) is 32.4 Å². The molecule has 3 heteroatoms. The lowest BCUT2D eigenvalue weighted by atomic mass is 9.97. The molecular formula is C15H24N2O. The number of ether oxygens (including phenoxy) is 1. The number of rotatable bonds is 5. The molecule has 1 unspecified atom stereocenters. The molecule has 3 nitrogen and oxygen atoms in total. The molecule has 1 heterocycles. The highest BCUT2D eigenvalue weighted by molar-refractivity contribution is 5.54. The monoisotopic (exact) mass is 248 g/mol. The van der Waals surface area contributed by atoms with Gasteiger partial charge in [-0.15, -0.1) is 0 Å². The predicted octanol–water partition coefficient (Wildman–Crippen LogP) is 2.27. The van der Waals surface area contributed by atoms with Crippen LogP contribution in [0.3, 0.4) is 0 Å². The molecule has 1 aliphatic rings. The van der Waals surface area contributed by atoms with Gasteiger partial charge in [0.15, 0.2) is 0 Å². The van der Waals surface area contributed by atoms with Gasteiger partial charge in [-0.1, -0.05) is 18.2 Å². The molecule has 100 valence electrons. The van der Waals surface area contributed by atoms with Crippen LogP contribution in [-0.4, -0.2) is 33.9 Å². The standard InChI is InChI=1S/C15H24N2O/c1-16-10-14-7-3-4-8-15(14)17-9-5-6-13(11-17)12-18-2/h3-4,7-8,13,16H,5-6,9-12H2,1-2H3. The second kappa shape index (κ2) is 6.76. The zero-order valence-electron chi connectivity index (χ0n) is 11.5. The van der Waals surface area contributed by atoms with Crippen molar-refractivity contribution in [2.45, 2.75) is 19.4 Å². The summed E-state index contributed by atoms with van der Waals surface area (Å²) >= 11 is 0. The third-order valence-electron chi connectivity index (χ3n) is 3.62. The number of nitrogens with zero attached hydrogens (tertiary/aromatic N) is 1. The van der Waals surface area contributed by atoms with Crippen molar-refractivity contribution in [3.05, 3.63) is 29.8 Å². The predicted molar refractivity (Wildman–Crippen MR) is 76.0 cm³/mol. The van der Waals surface area contributed by atoms with Crippen LogP contribution in [0.2, 0.25) is 0 Å². The number of hydrogen-bond donors (Lipinski definition) is 1. The van der Waals surface area contributed by atoms with E-state index in [1.807, 2.05) is 7.05 Å². The normalized spacial score (nSPS) is 20.1. The summed E-state index contributed by atoms with van der Waals surface area (Å²) < 4.78 is 5.30. The number of methoxy groups -OCH3 is 1.